The van der Waals surface area contributed by atoms with Crippen molar-refractivity contribution >= 4 is 10.0 Å². The number of rotatable bonds is 6. The molecule has 2 aromatic carbocycles. The van der Waals surface area contributed by atoms with Crippen molar-refractivity contribution in [1.82, 2.24) is 4.72 Å². The van der Waals surface area contributed by atoms with Gasteiger partial charge in [-0.05, 0) is 61.6 Å². The molecule has 0 aliphatic heterocycles. The summed E-state index contributed by atoms with van der Waals surface area (Å²) in [6, 6.07) is 11.1. The van der Waals surface area contributed by atoms with Crippen LogP contribution in [0.2, 0.25) is 0 Å². The summed E-state index contributed by atoms with van der Waals surface area (Å²) in [5, 5.41) is 0. The number of sulfonamides is 1. The quantitative estimate of drug-likeness (QED) is 0.858. The highest BCUT2D eigenvalue weighted by atomic mass is 32.2. The van der Waals surface area contributed by atoms with Crippen LogP contribution in [0.1, 0.15) is 41.6 Å². The van der Waals surface area contributed by atoms with E-state index >= 15 is 0 Å². The Morgan fingerprint density at radius 1 is 1.04 bits per heavy atom. The zero-order valence-electron chi connectivity index (χ0n) is 14.9. The van der Waals surface area contributed by atoms with E-state index in [4.69, 9.17) is 4.74 Å². The summed E-state index contributed by atoms with van der Waals surface area (Å²) >= 11 is 0. The molecule has 2 aromatic rings. The summed E-state index contributed by atoms with van der Waals surface area (Å²) < 4.78 is 34.0. The first-order valence-corrected chi connectivity index (χ1v) is 9.51. The number of nitrogens with one attached hydrogen (secondary N) is 1. The number of hydrogen-bond acceptors (Lipinski definition) is 3. The van der Waals surface area contributed by atoms with Crippen molar-refractivity contribution in [3.63, 3.8) is 0 Å². The second-order valence-electron chi connectivity index (χ2n) is 6.03. The molecule has 0 radical (unpaired) electrons. The highest BCUT2D eigenvalue weighted by Gasteiger charge is 2.25. The molecule has 0 aromatic heterocycles. The van der Waals surface area contributed by atoms with Gasteiger partial charge in [0, 0.05) is 6.04 Å². The first kappa shape index (κ1) is 18.5. The molecule has 0 saturated carbocycles. The van der Waals surface area contributed by atoms with E-state index in [9.17, 15) is 8.42 Å². The topological polar surface area (TPSA) is 55.4 Å². The second-order valence-corrected chi connectivity index (χ2v) is 7.68. The van der Waals surface area contributed by atoms with Crippen LogP contribution in [-0.2, 0) is 10.0 Å². The minimum absolute atomic E-state index is 0.253. The molecule has 1 N–H and O–H groups in total. The van der Waals surface area contributed by atoms with Crippen molar-refractivity contribution in [2.75, 3.05) is 7.11 Å². The highest BCUT2D eigenvalue weighted by molar-refractivity contribution is 7.89. The molecule has 1 atom stereocenters. The Kier molecular flexibility index (Phi) is 5.67. The Bertz CT molecular complexity index is 805. The van der Waals surface area contributed by atoms with Gasteiger partial charge in [0.1, 0.15) is 5.75 Å². The summed E-state index contributed by atoms with van der Waals surface area (Å²) in [5.41, 5.74) is 3.44. The number of methoxy groups -OCH3 is 1. The maximum Gasteiger partial charge on any atom is 0.241 e. The number of aryl methyl sites for hydroxylation is 3. The third-order valence-electron chi connectivity index (χ3n) is 4.21. The van der Waals surface area contributed by atoms with E-state index in [1.165, 1.54) is 0 Å². The van der Waals surface area contributed by atoms with Gasteiger partial charge in [0.05, 0.1) is 12.0 Å². The van der Waals surface area contributed by atoms with Gasteiger partial charge in [0.15, 0.2) is 0 Å². The summed E-state index contributed by atoms with van der Waals surface area (Å²) in [4.78, 5) is 0.329. The molecule has 0 fully saturated rings. The Balaban J connectivity index is 2.43. The first-order chi connectivity index (χ1) is 11.3. The zero-order valence-corrected chi connectivity index (χ0v) is 15.7. The SMILES string of the molecule is CC[C@H](NS(=O)(=O)c1c(C)cc(OC)cc1C)c1ccccc1C. The monoisotopic (exact) mass is 347 g/mol. The molecule has 5 heteroatoms. The fourth-order valence-electron chi connectivity index (χ4n) is 3.04. The minimum atomic E-state index is -3.63. The molecule has 4 nitrogen and oxygen atoms in total. The lowest BCUT2D eigenvalue weighted by Crippen LogP contribution is -2.30. The molecule has 2 rings (SSSR count). The van der Waals surface area contributed by atoms with Crippen LogP contribution in [-0.4, -0.2) is 15.5 Å². The fraction of sp³-hybridized carbons (Fsp3) is 0.368. The van der Waals surface area contributed by atoms with Gasteiger partial charge in [-0.3, -0.25) is 0 Å². The predicted molar refractivity (Wildman–Crippen MR) is 97.0 cm³/mol. The van der Waals surface area contributed by atoms with Crippen LogP contribution < -0.4 is 9.46 Å². The molecule has 0 spiro atoms. The summed E-state index contributed by atoms with van der Waals surface area (Å²) in [6.07, 6.45) is 0.679. The molecule has 0 unspecified atom stereocenters. The van der Waals surface area contributed by atoms with Gasteiger partial charge in [-0.1, -0.05) is 31.2 Å². The van der Waals surface area contributed by atoms with Crippen molar-refractivity contribution in [3.05, 3.63) is 58.7 Å². The Morgan fingerprint density at radius 3 is 2.12 bits per heavy atom. The molecular formula is C19H25NO3S. The van der Waals surface area contributed by atoms with Gasteiger partial charge in [-0.2, -0.15) is 0 Å². The molecule has 0 heterocycles. The van der Waals surface area contributed by atoms with E-state index in [0.717, 1.165) is 11.1 Å². The largest absolute Gasteiger partial charge is 0.497 e. The normalized spacial score (nSPS) is 12.9. The molecule has 0 aliphatic rings. The summed E-state index contributed by atoms with van der Waals surface area (Å²) in [6.45, 7) is 7.56. The maximum atomic E-state index is 13.0. The maximum absolute atomic E-state index is 13.0. The van der Waals surface area contributed by atoms with Crippen molar-refractivity contribution in [2.24, 2.45) is 0 Å². The molecule has 130 valence electrons. The number of hydrogen-bond donors (Lipinski definition) is 1. The third kappa shape index (κ3) is 3.79. The standard InChI is InChI=1S/C19H25NO3S/c1-6-18(17-10-8-7-9-13(17)2)20-24(21,22)19-14(3)11-16(23-5)12-15(19)4/h7-12,18,20H,6H2,1-5H3/t18-/m0/s1. The van der Waals surface area contributed by atoms with E-state index in [2.05, 4.69) is 4.72 Å². The van der Waals surface area contributed by atoms with Crippen LogP contribution in [0.4, 0.5) is 0 Å². The molecule has 0 amide bonds. The van der Waals surface area contributed by atoms with Gasteiger partial charge in [-0.15, -0.1) is 0 Å². The van der Waals surface area contributed by atoms with Crippen LogP contribution in [0.15, 0.2) is 41.3 Å². The van der Waals surface area contributed by atoms with E-state index in [0.29, 0.717) is 28.2 Å². The van der Waals surface area contributed by atoms with Crippen molar-refractivity contribution in [1.29, 1.82) is 0 Å². The number of benzene rings is 2. The van der Waals surface area contributed by atoms with Gasteiger partial charge >= 0.3 is 0 Å². The lowest BCUT2D eigenvalue weighted by Gasteiger charge is -2.21. The van der Waals surface area contributed by atoms with Crippen LogP contribution in [0, 0.1) is 20.8 Å². The van der Waals surface area contributed by atoms with Crippen LogP contribution in [0.25, 0.3) is 0 Å². The van der Waals surface area contributed by atoms with Gasteiger partial charge < -0.3 is 4.74 Å². The third-order valence-corrected chi connectivity index (χ3v) is 5.98. The lowest BCUT2D eigenvalue weighted by molar-refractivity contribution is 0.413. The van der Waals surface area contributed by atoms with E-state index < -0.39 is 10.0 Å². The Labute approximate surface area is 144 Å². The van der Waals surface area contributed by atoms with E-state index in [1.54, 1.807) is 33.1 Å². The average molecular weight is 347 g/mol. The second kappa shape index (κ2) is 7.36. The van der Waals surface area contributed by atoms with Crippen LogP contribution >= 0.6 is 0 Å². The average Bonchev–Trinajstić information content (AvgIpc) is 2.52. The Hall–Kier alpha value is -1.85. The van der Waals surface area contributed by atoms with E-state index in [1.807, 2.05) is 38.1 Å². The molecule has 0 aliphatic carbocycles. The van der Waals surface area contributed by atoms with Crippen LogP contribution in [0.3, 0.4) is 0 Å². The van der Waals surface area contributed by atoms with Gasteiger partial charge in [0.25, 0.3) is 0 Å². The van der Waals surface area contributed by atoms with Gasteiger partial charge in [-0.25, -0.2) is 13.1 Å². The van der Waals surface area contributed by atoms with Crippen LogP contribution in [0.5, 0.6) is 5.75 Å². The van der Waals surface area contributed by atoms with Crippen molar-refractivity contribution in [3.8, 4) is 5.75 Å². The fourth-order valence-corrected chi connectivity index (χ4v) is 4.79. The first-order valence-electron chi connectivity index (χ1n) is 8.03. The predicted octanol–water partition coefficient (Wildman–Crippen LogP) is 4.05. The van der Waals surface area contributed by atoms with Crippen molar-refractivity contribution < 1.29 is 13.2 Å². The molecule has 24 heavy (non-hydrogen) atoms. The summed E-state index contributed by atoms with van der Waals surface area (Å²) in [5.74, 6) is 0.662. The van der Waals surface area contributed by atoms with Gasteiger partial charge in [0.2, 0.25) is 10.0 Å². The lowest BCUT2D eigenvalue weighted by atomic mass is 10.0. The highest BCUT2D eigenvalue weighted by Crippen LogP contribution is 2.28. The smallest absolute Gasteiger partial charge is 0.241 e. The molecular weight excluding hydrogens is 322 g/mol. The molecule has 0 bridgehead atoms. The molecule has 0 saturated heterocycles. The zero-order chi connectivity index (χ0) is 17.9. The summed E-state index contributed by atoms with van der Waals surface area (Å²) in [7, 11) is -2.05. The van der Waals surface area contributed by atoms with Crippen molar-refractivity contribution in [2.45, 2.75) is 45.1 Å². The number of ether oxygens (including phenoxy) is 1. The minimum Gasteiger partial charge on any atom is -0.497 e. The van der Waals surface area contributed by atoms with E-state index in [-0.39, 0.29) is 6.04 Å². The Morgan fingerprint density at radius 2 is 1.62 bits per heavy atom.